The van der Waals surface area contributed by atoms with Gasteiger partial charge in [-0.2, -0.15) is 5.10 Å². The molecular weight excluding hydrogens is 346 g/mol. The Balaban J connectivity index is 2.13. The Morgan fingerprint density at radius 3 is 2.56 bits per heavy atom. The number of aromatic nitrogens is 2. The normalized spacial score (nSPS) is 10.7. The van der Waals surface area contributed by atoms with Gasteiger partial charge in [-0.15, -0.1) is 0 Å². The smallest absolute Gasteiger partial charge is 0.223 e. The highest BCUT2D eigenvalue weighted by Gasteiger charge is 2.18. The van der Waals surface area contributed by atoms with Crippen LogP contribution in [0.1, 0.15) is 28.9 Å². The topological polar surface area (TPSA) is 76.8 Å². The zero-order chi connectivity index (χ0) is 20.0. The summed E-state index contributed by atoms with van der Waals surface area (Å²) in [7, 11) is 5.10. The number of aliphatic hydroxyl groups is 1. The van der Waals surface area contributed by atoms with Crippen LogP contribution in [-0.4, -0.2) is 53.1 Å². The summed E-state index contributed by atoms with van der Waals surface area (Å²) in [6.45, 7) is 4.49. The van der Waals surface area contributed by atoms with Gasteiger partial charge in [0.1, 0.15) is 11.5 Å². The quantitative estimate of drug-likeness (QED) is 0.725. The fourth-order valence-corrected chi connectivity index (χ4v) is 3.19. The van der Waals surface area contributed by atoms with E-state index in [1.807, 2.05) is 43.8 Å². The standard InChI is InChI=1S/C20H29N3O4/c1-14-18(15(2)22(3)21-14)7-9-20(25)23(10-11-24)13-16-12-17(26-4)6-8-19(16)27-5/h6,8,12,24H,7,9-11,13H2,1-5H3. The van der Waals surface area contributed by atoms with Gasteiger partial charge < -0.3 is 19.5 Å². The Kier molecular flexibility index (Phi) is 7.24. The van der Waals surface area contributed by atoms with Crippen molar-refractivity contribution in [1.82, 2.24) is 14.7 Å². The molecule has 2 aromatic rings. The molecule has 0 aliphatic carbocycles. The van der Waals surface area contributed by atoms with E-state index in [2.05, 4.69) is 5.10 Å². The van der Waals surface area contributed by atoms with E-state index in [0.29, 0.717) is 30.9 Å². The molecule has 0 aliphatic rings. The molecule has 1 N–H and O–H groups in total. The first-order valence-electron chi connectivity index (χ1n) is 8.99. The van der Waals surface area contributed by atoms with E-state index in [-0.39, 0.29) is 19.1 Å². The third-order valence-corrected chi connectivity index (χ3v) is 4.82. The second kappa shape index (κ2) is 9.41. The molecule has 2 rings (SSSR count). The highest BCUT2D eigenvalue weighted by Crippen LogP contribution is 2.25. The van der Waals surface area contributed by atoms with Gasteiger partial charge in [0.15, 0.2) is 0 Å². The van der Waals surface area contributed by atoms with Crippen molar-refractivity contribution < 1.29 is 19.4 Å². The molecule has 0 spiro atoms. The second-order valence-corrected chi connectivity index (χ2v) is 6.49. The van der Waals surface area contributed by atoms with Gasteiger partial charge in [-0.25, -0.2) is 0 Å². The summed E-state index contributed by atoms with van der Waals surface area (Å²) < 4.78 is 12.5. The van der Waals surface area contributed by atoms with E-state index in [9.17, 15) is 9.90 Å². The van der Waals surface area contributed by atoms with Gasteiger partial charge in [0.05, 0.1) is 26.5 Å². The Labute approximate surface area is 160 Å². The van der Waals surface area contributed by atoms with E-state index in [1.165, 1.54) is 0 Å². The minimum absolute atomic E-state index is 0.0171. The number of carbonyl (C=O) groups excluding carboxylic acids is 1. The molecule has 148 valence electrons. The number of ether oxygens (including phenoxy) is 2. The predicted molar refractivity (Wildman–Crippen MR) is 103 cm³/mol. The van der Waals surface area contributed by atoms with Crippen molar-refractivity contribution in [3.63, 3.8) is 0 Å². The van der Waals surface area contributed by atoms with Gasteiger partial charge >= 0.3 is 0 Å². The first-order valence-corrected chi connectivity index (χ1v) is 8.99. The summed E-state index contributed by atoms with van der Waals surface area (Å²) in [6, 6.07) is 5.48. The van der Waals surface area contributed by atoms with Crippen LogP contribution in [0.3, 0.4) is 0 Å². The lowest BCUT2D eigenvalue weighted by Gasteiger charge is -2.23. The summed E-state index contributed by atoms with van der Waals surface area (Å²) in [5.74, 6) is 1.37. The molecule has 0 saturated carbocycles. The zero-order valence-electron chi connectivity index (χ0n) is 16.8. The molecule has 1 aromatic carbocycles. The number of carbonyl (C=O) groups is 1. The van der Waals surface area contributed by atoms with Gasteiger partial charge in [0.25, 0.3) is 0 Å². The lowest BCUT2D eigenvalue weighted by molar-refractivity contribution is -0.132. The molecule has 1 heterocycles. The highest BCUT2D eigenvalue weighted by molar-refractivity contribution is 5.76. The van der Waals surface area contributed by atoms with Crippen molar-refractivity contribution in [2.75, 3.05) is 27.4 Å². The van der Waals surface area contributed by atoms with Crippen LogP contribution in [0.4, 0.5) is 0 Å². The van der Waals surface area contributed by atoms with E-state index >= 15 is 0 Å². The van der Waals surface area contributed by atoms with Crippen LogP contribution in [0.15, 0.2) is 18.2 Å². The maximum absolute atomic E-state index is 12.8. The summed E-state index contributed by atoms with van der Waals surface area (Å²) >= 11 is 0. The van der Waals surface area contributed by atoms with Crippen LogP contribution in [-0.2, 0) is 24.8 Å². The molecule has 0 fully saturated rings. The fraction of sp³-hybridized carbons (Fsp3) is 0.500. The highest BCUT2D eigenvalue weighted by atomic mass is 16.5. The Hall–Kier alpha value is -2.54. The van der Waals surface area contributed by atoms with E-state index in [0.717, 1.165) is 22.5 Å². The van der Waals surface area contributed by atoms with Crippen LogP contribution < -0.4 is 9.47 Å². The Morgan fingerprint density at radius 2 is 2.00 bits per heavy atom. The first kappa shape index (κ1) is 20.8. The summed E-state index contributed by atoms with van der Waals surface area (Å²) in [5.41, 5.74) is 3.97. The number of aryl methyl sites for hydroxylation is 2. The van der Waals surface area contributed by atoms with Crippen molar-refractivity contribution in [1.29, 1.82) is 0 Å². The molecule has 7 heteroatoms. The molecule has 0 radical (unpaired) electrons. The minimum Gasteiger partial charge on any atom is -0.497 e. The van der Waals surface area contributed by atoms with Crippen molar-refractivity contribution in [2.45, 2.75) is 33.2 Å². The van der Waals surface area contributed by atoms with E-state index in [4.69, 9.17) is 9.47 Å². The first-order chi connectivity index (χ1) is 12.9. The molecule has 0 atom stereocenters. The maximum atomic E-state index is 12.8. The number of amides is 1. The third-order valence-electron chi connectivity index (χ3n) is 4.82. The molecule has 0 unspecified atom stereocenters. The molecule has 1 amide bonds. The zero-order valence-corrected chi connectivity index (χ0v) is 16.8. The number of methoxy groups -OCH3 is 2. The number of aliphatic hydroxyl groups excluding tert-OH is 1. The fourth-order valence-electron chi connectivity index (χ4n) is 3.19. The van der Waals surface area contributed by atoms with Crippen LogP contribution in [0.5, 0.6) is 11.5 Å². The molecule has 1 aromatic heterocycles. The SMILES string of the molecule is COc1ccc(OC)c(CN(CCO)C(=O)CCc2c(C)nn(C)c2C)c1. The average Bonchev–Trinajstić information content (AvgIpc) is 2.90. The molecular formula is C20H29N3O4. The molecule has 0 aliphatic heterocycles. The van der Waals surface area contributed by atoms with Crippen molar-refractivity contribution in [2.24, 2.45) is 7.05 Å². The van der Waals surface area contributed by atoms with E-state index in [1.54, 1.807) is 19.1 Å². The number of rotatable bonds is 9. The third kappa shape index (κ3) is 5.01. The molecule has 7 nitrogen and oxygen atoms in total. The minimum atomic E-state index is -0.0943. The molecule has 27 heavy (non-hydrogen) atoms. The predicted octanol–water partition coefficient (Wildman–Crippen LogP) is 2.01. The van der Waals surface area contributed by atoms with Gasteiger partial charge in [-0.3, -0.25) is 9.48 Å². The molecule has 0 saturated heterocycles. The molecule has 0 bridgehead atoms. The largest absolute Gasteiger partial charge is 0.497 e. The lowest BCUT2D eigenvalue weighted by Crippen LogP contribution is -2.33. The van der Waals surface area contributed by atoms with Gasteiger partial charge in [-0.05, 0) is 44.0 Å². The van der Waals surface area contributed by atoms with Crippen LogP contribution in [0.2, 0.25) is 0 Å². The Morgan fingerprint density at radius 1 is 1.26 bits per heavy atom. The van der Waals surface area contributed by atoms with Crippen LogP contribution in [0, 0.1) is 13.8 Å². The second-order valence-electron chi connectivity index (χ2n) is 6.49. The van der Waals surface area contributed by atoms with Crippen LogP contribution in [0.25, 0.3) is 0 Å². The summed E-state index contributed by atoms with van der Waals surface area (Å²) in [5, 5.41) is 13.8. The monoisotopic (exact) mass is 375 g/mol. The summed E-state index contributed by atoms with van der Waals surface area (Å²) in [6.07, 6.45) is 0.987. The van der Waals surface area contributed by atoms with E-state index < -0.39 is 0 Å². The average molecular weight is 375 g/mol. The number of hydrogen-bond acceptors (Lipinski definition) is 5. The summed E-state index contributed by atoms with van der Waals surface area (Å²) in [4.78, 5) is 14.5. The lowest BCUT2D eigenvalue weighted by atomic mass is 10.1. The van der Waals surface area contributed by atoms with Gasteiger partial charge in [-0.1, -0.05) is 0 Å². The van der Waals surface area contributed by atoms with Crippen LogP contribution >= 0.6 is 0 Å². The van der Waals surface area contributed by atoms with Crippen molar-refractivity contribution in [3.05, 3.63) is 40.7 Å². The maximum Gasteiger partial charge on any atom is 0.223 e. The number of nitrogens with zero attached hydrogens (tertiary/aromatic N) is 3. The van der Waals surface area contributed by atoms with Gasteiger partial charge in [0, 0.05) is 37.8 Å². The van der Waals surface area contributed by atoms with Crippen molar-refractivity contribution >= 4 is 5.91 Å². The number of hydrogen-bond donors (Lipinski definition) is 1. The van der Waals surface area contributed by atoms with Gasteiger partial charge in [0.2, 0.25) is 5.91 Å². The van der Waals surface area contributed by atoms with Crippen molar-refractivity contribution in [3.8, 4) is 11.5 Å². The number of benzene rings is 1. The Bertz CT molecular complexity index is 786.